The zero-order valence-electron chi connectivity index (χ0n) is 22.0. The van der Waals surface area contributed by atoms with E-state index in [-0.39, 0.29) is 11.7 Å². The van der Waals surface area contributed by atoms with Gasteiger partial charge < -0.3 is 14.3 Å². The number of alkyl halides is 3. The normalized spacial score (nSPS) is 13.2. The Balaban J connectivity index is 0.000000315. The maximum absolute atomic E-state index is 13.2. The molecule has 1 saturated carbocycles. The molecule has 3 heterocycles. The number of nitrogens with zero attached hydrogens (tertiary/aromatic N) is 2. The molecule has 0 saturated heterocycles. The molecule has 1 amide bonds. The van der Waals surface area contributed by atoms with Gasteiger partial charge in [-0.1, -0.05) is 35.6 Å². The monoisotopic (exact) mass is 600 g/mol. The number of thiazole rings is 1. The second-order valence-electron chi connectivity index (χ2n) is 9.47. The largest absolute Gasteiger partial charge is 0.465 e. The lowest BCUT2D eigenvalue weighted by atomic mass is 10.1. The van der Waals surface area contributed by atoms with E-state index >= 15 is 0 Å². The Labute approximate surface area is 242 Å². The van der Waals surface area contributed by atoms with Crippen molar-refractivity contribution in [2.45, 2.75) is 36.7 Å². The molecule has 0 spiro atoms. The van der Waals surface area contributed by atoms with Crippen molar-refractivity contribution in [3.63, 3.8) is 0 Å². The number of hydrogen-bond acceptors (Lipinski definition) is 6. The van der Waals surface area contributed by atoms with Crippen LogP contribution in [0.25, 0.3) is 21.8 Å². The number of aromatic amines is 1. The number of H-pyrrole nitrogens is 1. The Bertz CT molecular complexity index is 1640. The number of hydrogen-bond donors (Lipinski definition) is 2. The van der Waals surface area contributed by atoms with Crippen LogP contribution in [0.1, 0.15) is 35.7 Å². The fourth-order valence-corrected chi connectivity index (χ4v) is 5.92. The van der Waals surface area contributed by atoms with Gasteiger partial charge in [0.15, 0.2) is 5.13 Å². The molecule has 1 aliphatic rings. The highest BCUT2D eigenvalue weighted by molar-refractivity contribution is 8.01. The molecule has 5 aromatic rings. The van der Waals surface area contributed by atoms with Crippen LogP contribution in [0, 0.1) is 5.92 Å². The van der Waals surface area contributed by atoms with Crippen LogP contribution in [-0.2, 0) is 22.3 Å². The molecular weight excluding hydrogens is 573 g/mol. The molecule has 2 aromatic carbocycles. The molecule has 214 valence electrons. The number of carbonyl (C=O) groups is 2. The number of fused-ring (bicyclic) bond motifs is 2. The number of anilines is 1. The van der Waals surface area contributed by atoms with Crippen molar-refractivity contribution in [3.05, 3.63) is 78.2 Å². The minimum Gasteiger partial charge on any atom is -0.465 e. The van der Waals surface area contributed by atoms with Gasteiger partial charge >= 0.3 is 12.1 Å². The number of aromatic nitrogens is 3. The summed E-state index contributed by atoms with van der Waals surface area (Å²) in [5, 5.41) is 4.80. The van der Waals surface area contributed by atoms with Gasteiger partial charge in [0.2, 0.25) is 0 Å². The molecule has 0 radical (unpaired) electrons. The summed E-state index contributed by atoms with van der Waals surface area (Å²) in [5.74, 6) is -0.215. The first-order valence-corrected chi connectivity index (χ1v) is 14.8. The van der Waals surface area contributed by atoms with Crippen LogP contribution in [0.5, 0.6) is 0 Å². The third-order valence-electron chi connectivity index (χ3n) is 6.41. The summed E-state index contributed by atoms with van der Waals surface area (Å²) in [5.41, 5.74) is 1.15. The predicted octanol–water partition coefficient (Wildman–Crippen LogP) is 7.60. The van der Waals surface area contributed by atoms with Crippen LogP contribution in [0.4, 0.5) is 18.3 Å². The Morgan fingerprint density at radius 3 is 2.73 bits per heavy atom. The van der Waals surface area contributed by atoms with Gasteiger partial charge in [0, 0.05) is 35.4 Å². The van der Waals surface area contributed by atoms with Gasteiger partial charge in [0.25, 0.3) is 5.91 Å². The molecule has 0 atom stereocenters. The molecule has 41 heavy (non-hydrogen) atoms. The number of carbonyl (C=O) groups excluding carboxylic acids is 2. The van der Waals surface area contributed by atoms with Crippen molar-refractivity contribution in [3.8, 4) is 0 Å². The standard InChI is InChI=1S/C21H20F3N3O3S2.C8H7N/c1-2-30-17(28)11-31-18-8-25-20(32-18)26-19(29)15-10-27(9-12-3-4-12)16-7-13(21(22,23)24)5-6-14(15)16;1-2-4-8-7(3-1)5-6-9-8/h5-8,10,12H,2-4,9,11H2,1H3,(H,25,26,29);1-6,9H. The van der Waals surface area contributed by atoms with E-state index in [1.807, 2.05) is 18.3 Å². The van der Waals surface area contributed by atoms with E-state index < -0.39 is 17.6 Å². The molecular formula is C29H27F3N4O3S2. The Morgan fingerprint density at radius 1 is 1.20 bits per heavy atom. The smallest absolute Gasteiger partial charge is 0.416 e. The lowest BCUT2D eigenvalue weighted by Gasteiger charge is -2.08. The van der Waals surface area contributed by atoms with E-state index in [1.165, 1.54) is 40.1 Å². The topological polar surface area (TPSA) is 89.0 Å². The molecule has 12 heteroatoms. The molecule has 1 fully saturated rings. The van der Waals surface area contributed by atoms with Gasteiger partial charge in [-0.25, -0.2) is 4.98 Å². The Kier molecular flexibility index (Phi) is 8.69. The van der Waals surface area contributed by atoms with Crippen LogP contribution in [0.15, 0.2) is 71.3 Å². The Hall–Kier alpha value is -3.77. The van der Waals surface area contributed by atoms with Crippen molar-refractivity contribution in [2.24, 2.45) is 5.92 Å². The van der Waals surface area contributed by atoms with Crippen molar-refractivity contribution in [1.82, 2.24) is 14.5 Å². The number of benzene rings is 2. The van der Waals surface area contributed by atoms with E-state index in [0.717, 1.165) is 29.2 Å². The van der Waals surface area contributed by atoms with Crippen molar-refractivity contribution < 1.29 is 27.5 Å². The zero-order valence-corrected chi connectivity index (χ0v) is 23.7. The second-order valence-corrected chi connectivity index (χ2v) is 11.8. The first-order chi connectivity index (χ1) is 19.7. The highest BCUT2D eigenvalue weighted by Gasteiger charge is 2.32. The average molecular weight is 601 g/mol. The minimum atomic E-state index is -4.45. The summed E-state index contributed by atoms with van der Waals surface area (Å²) in [6.07, 6.45) is 2.73. The number of halogens is 3. The highest BCUT2D eigenvalue weighted by Crippen LogP contribution is 2.36. The van der Waals surface area contributed by atoms with Gasteiger partial charge in [0.05, 0.1) is 33.9 Å². The zero-order chi connectivity index (χ0) is 29.0. The van der Waals surface area contributed by atoms with E-state index in [0.29, 0.717) is 40.7 Å². The first-order valence-electron chi connectivity index (χ1n) is 13.0. The van der Waals surface area contributed by atoms with E-state index in [1.54, 1.807) is 23.9 Å². The van der Waals surface area contributed by atoms with Crippen molar-refractivity contribution >= 4 is 61.9 Å². The first kappa shape index (κ1) is 28.7. The van der Waals surface area contributed by atoms with Gasteiger partial charge in [-0.2, -0.15) is 13.2 Å². The number of rotatable bonds is 8. The van der Waals surface area contributed by atoms with Crippen LogP contribution in [0.2, 0.25) is 0 Å². The molecule has 0 unspecified atom stereocenters. The summed E-state index contributed by atoms with van der Waals surface area (Å²) in [6.45, 7) is 2.62. The third-order valence-corrected chi connectivity index (χ3v) is 8.49. The maximum atomic E-state index is 13.2. The predicted molar refractivity (Wildman–Crippen MR) is 155 cm³/mol. The van der Waals surface area contributed by atoms with Crippen LogP contribution >= 0.6 is 23.1 Å². The second kappa shape index (κ2) is 12.4. The molecule has 0 aliphatic heterocycles. The van der Waals surface area contributed by atoms with Crippen molar-refractivity contribution in [1.29, 1.82) is 0 Å². The quantitative estimate of drug-likeness (QED) is 0.141. The van der Waals surface area contributed by atoms with Crippen LogP contribution < -0.4 is 5.32 Å². The number of esters is 1. The van der Waals surface area contributed by atoms with Gasteiger partial charge in [-0.3, -0.25) is 14.9 Å². The molecule has 7 nitrogen and oxygen atoms in total. The number of para-hydroxylation sites is 1. The molecule has 1 aliphatic carbocycles. The van der Waals surface area contributed by atoms with E-state index in [2.05, 4.69) is 33.5 Å². The van der Waals surface area contributed by atoms with E-state index in [9.17, 15) is 22.8 Å². The highest BCUT2D eigenvalue weighted by atomic mass is 32.2. The van der Waals surface area contributed by atoms with Crippen LogP contribution in [0.3, 0.4) is 0 Å². The van der Waals surface area contributed by atoms with E-state index in [4.69, 9.17) is 4.74 Å². The fourth-order valence-electron chi connectivity index (χ4n) is 4.25. The Morgan fingerprint density at radius 2 is 2.00 bits per heavy atom. The average Bonchev–Trinajstić information content (AvgIpc) is 3.31. The minimum absolute atomic E-state index is 0.139. The summed E-state index contributed by atoms with van der Waals surface area (Å²) >= 11 is 2.47. The summed E-state index contributed by atoms with van der Waals surface area (Å²) in [7, 11) is 0. The van der Waals surface area contributed by atoms with Gasteiger partial charge in [-0.05, 0) is 55.3 Å². The lowest BCUT2D eigenvalue weighted by Crippen LogP contribution is -2.11. The number of ether oxygens (including phenoxy) is 1. The number of nitrogens with one attached hydrogen (secondary N) is 2. The molecule has 0 bridgehead atoms. The van der Waals surface area contributed by atoms with Gasteiger partial charge in [0.1, 0.15) is 0 Å². The summed E-state index contributed by atoms with van der Waals surface area (Å²) < 4.78 is 47.0. The SMILES string of the molecule is CCOC(=O)CSc1cnc(NC(=O)c2cn(CC3CC3)c3cc(C(F)(F)F)ccc23)s1.c1ccc2[nH]ccc2c1. The molecule has 2 N–H and O–H groups in total. The summed E-state index contributed by atoms with van der Waals surface area (Å²) in [6, 6.07) is 13.7. The third kappa shape index (κ3) is 7.31. The van der Waals surface area contributed by atoms with Crippen molar-refractivity contribution in [2.75, 3.05) is 17.7 Å². The fraction of sp³-hybridized carbons (Fsp3) is 0.276. The van der Waals surface area contributed by atoms with Crippen LogP contribution in [-0.4, -0.2) is 38.8 Å². The lowest BCUT2D eigenvalue weighted by molar-refractivity contribution is -0.140. The summed E-state index contributed by atoms with van der Waals surface area (Å²) in [4.78, 5) is 31.7. The van der Waals surface area contributed by atoms with Gasteiger partial charge in [-0.15, -0.1) is 11.8 Å². The maximum Gasteiger partial charge on any atom is 0.416 e. The molecule has 3 aromatic heterocycles. The molecule has 6 rings (SSSR count). The number of thioether (sulfide) groups is 1. The number of amides is 1.